The van der Waals surface area contributed by atoms with Gasteiger partial charge in [0.1, 0.15) is 5.76 Å². The van der Waals surface area contributed by atoms with Crippen LogP contribution < -0.4 is 0 Å². The van der Waals surface area contributed by atoms with E-state index in [1.54, 1.807) is 13.3 Å². The van der Waals surface area contributed by atoms with Gasteiger partial charge in [0.15, 0.2) is 0 Å². The fourth-order valence-corrected chi connectivity index (χ4v) is 1.10. The van der Waals surface area contributed by atoms with Crippen molar-refractivity contribution < 1.29 is 4.74 Å². The first-order valence-electron chi connectivity index (χ1n) is 3.99. The summed E-state index contributed by atoms with van der Waals surface area (Å²) in [6.07, 6.45) is 3.94. The number of allylic oxidation sites excluding steroid dienone is 1. The third kappa shape index (κ3) is 2.07. The maximum absolute atomic E-state index is 5.08. The van der Waals surface area contributed by atoms with Gasteiger partial charge in [-0.15, -0.1) is 0 Å². The molecule has 1 aliphatic rings. The lowest BCUT2D eigenvalue weighted by atomic mass is 9.94. The Balaban J connectivity index is 2.61. The Bertz CT molecular complexity index is 182. The van der Waals surface area contributed by atoms with Crippen molar-refractivity contribution in [1.82, 2.24) is 0 Å². The maximum atomic E-state index is 5.08. The molecule has 2 nitrogen and oxygen atoms in total. The minimum Gasteiger partial charge on any atom is -0.495 e. The second kappa shape index (κ2) is 3.56. The Morgan fingerprint density at radius 3 is 2.91 bits per heavy atom. The topological polar surface area (TPSA) is 21.6 Å². The summed E-state index contributed by atoms with van der Waals surface area (Å²) >= 11 is 0. The third-order valence-electron chi connectivity index (χ3n) is 2.01. The summed E-state index contributed by atoms with van der Waals surface area (Å²) in [5.41, 5.74) is 0. The lowest BCUT2D eigenvalue weighted by Gasteiger charge is -2.18. The number of aliphatic imine (C=N–C) groups is 1. The molecule has 2 heteroatoms. The molecule has 1 atom stereocenters. The minimum absolute atomic E-state index is 0.551. The molecule has 0 N–H and O–H groups in total. The molecule has 62 valence electrons. The van der Waals surface area contributed by atoms with E-state index in [2.05, 4.69) is 24.9 Å². The second-order valence-corrected chi connectivity index (χ2v) is 3.18. The van der Waals surface area contributed by atoms with E-state index < -0.39 is 0 Å². The quantitative estimate of drug-likeness (QED) is 0.593. The Labute approximate surface area is 68.0 Å². The van der Waals surface area contributed by atoms with Gasteiger partial charge < -0.3 is 4.74 Å². The summed E-state index contributed by atoms with van der Waals surface area (Å²) in [6.45, 7) is 5.31. The monoisotopic (exact) mass is 153 g/mol. The molecule has 0 aromatic carbocycles. The van der Waals surface area contributed by atoms with Crippen LogP contribution in [0.2, 0.25) is 0 Å². The average molecular weight is 153 g/mol. The lowest BCUT2D eigenvalue weighted by Crippen LogP contribution is -2.14. The first kappa shape index (κ1) is 8.31. The zero-order chi connectivity index (χ0) is 8.27. The lowest BCUT2D eigenvalue weighted by molar-refractivity contribution is 0.305. The van der Waals surface area contributed by atoms with Crippen molar-refractivity contribution in [3.63, 3.8) is 0 Å². The van der Waals surface area contributed by atoms with E-state index in [1.807, 2.05) is 0 Å². The number of hydrogen-bond acceptors (Lipinski definition) is 2. The highest BCUT2D eigenvalue weighted by Crippen LogP contribution is 2.17. The van der Waals surface area contributed by atoms with Gasteiger partial charge in [0.25, 0.3) is 0 Å². The standard InChI is InChI=1S/C9H15NO/c1-7(2)8-4-9(11-3)6-10-5-8/h4,6-8H,5H2,1-3H3. The summed E-state index contributed by atoms with van der Waals surface area (Å²) in [7, 11) is 1.68. The van der Waals surface area contributed by atoms with E-state index in [4.69, 9.17) is 4.74 Å². The van der Waals surface area contributed by atoms with Gasteiger partial charge in [-0.3, -0.25) is 4.99 Å². The fraction of sp³-hybridized carbons (Fsp3) is 0.667. The van der Waals surface area contributed by atoms with E-state index in [0.29, 0.717) is 11.8 Å². The van der Waals surface area contributed by atoms with Crippen LogP contribution in [0.1, 0.15) is 13.8 Å². The van der Waals surface area contributed by atoms with Gasteiger partial charge in [-0.05, 0) is 12.0 Å². The minimum atomic E-state index is 0.551. The highest BCUT2D eigenvalue weighted by atomic mass is 16.5. The molecule has 0 saturated heterocycles. The molecule has 1 aliphatic heterocycles. The van der Waals surface area contributed by atoms with Gasteiger partial charge in [0.05, 0.1) is 13.3 Å². The van der Waals surface area contributed by atoms with Crippen molar-refractivity contribution in [3.05, 3.63) is 11.8 Å². The highest BCUT2D eigenvalue weighted by Gasteiger charge is 2.13. The fourth-order valence-electron chi connectivity index (χ4n) is 1.10. The zero-order valence-electron chi connectivity index (χ0n) is 7.37. The molecule has 0 aromatic heterocycles. The van der Waals surface area contributed by atoms with E-state index in [-0.39, 0.29) is 0 Å². The van der Waals surface area contributed by atoms with Gasteiger partial charge in [0.2, 0.25) is 0 Å². The molecule has 0 spiro atoms. The molecule has 0 radical (unpaired) electrons. The van der Waals surface area contributed by atoms with Crippen molar-refractivity contribution in [3.8, 4) is 0 Å². The first-order valence-corrected chi connectivity index (χ1v) is 3.99. The Kier molecular flexibility index (Phi) is 2.69. The van der Waals surface area contributed by atoms with E-state index >= 15 is 0 Å². The molecule has 0 aliphatic carbocycles. The number of rotatable bonds is 2. The van der Waals surface area contributed by atoms with Crippen LogP contribution in [-0.2, 0) is 4.74 Å². The van der Waals surface area contributed by atoms with Gasteiger partial charge in [0, 0.05) is 12.5 Å². The Morgan fingerprint density at radius 1 is 1.64 bits per heavy atom. The van der Waals surface area contributed by atoms with Gasteiger partial charge in [-0.25, -0.2) is 0 Å². The summed E-state index contributed by atoms with van der Waals surface area (Å²) < 4.78 is 5.08. The van der Waals surface area contributed by atoms with Crippen LogP contribution in [0.4, 0.5) is 0 Å². The number of ether oxygens (including phenoxy) is 1. The van der Waals surface area contributed by atoms with Crippen LogP contribution >= 0.6 is 0 Å². The third-order valence-corrected chi connectivity index (χ3v) is 2.01. The maximum Gasteiger partial charge on any atom is 0.133 e. The summed E-state index contributed by atoms with van der Waals surface area (Å²) in [5, 5.41) is 0. The molecule has 0 amide bonds. The number of hydrogen-bond donors (Lipinski definition) is 0. The SMILES string of the molecule is COC1=CC(C(C)C)CN=C1. The van der Waals surface area contributed by atoms with E-state index in [1.165, 1.54) is 0 Å². The van der Waals surface area contributed by atoms with Crippen LogP contribution in [0.25, 0.3) is 0 Å². The molecule has 0 saturated carbocycles. The van der Waals surface area contributed by atoms with Crippen LogP contribution in [-0.4, -0.2) is 19.9 Å². The van der Waals surface area contributed by atoms with Gasteiger partial charge in [-0.1, -0.05) is 13.8 Å². The van der Waals surface area contributed by atoms with Gasteiger partial charge in [-0.2, -0.15) is 0 Å². The molecule has 0 bridgehead atoms. The van der Waals surface area contributed by atoms with Crippen LogP contribution in [0.15, 0.2) is 16.8 Å². The second-order valence-electron chi connectivity index (χ2n) is 3.18. The van der Waals surface area contributed by atoms with E-state index in [9.17, 15) is 0 Å². The van der Waals surface area contributed by atoms with Crippen LogP contribution in [0.5, 0.6) is 0 Å². The molecule has 0 aromatic rings. The zero-order valence-corrected chi connectivity index (χ0v) is 7.37. The predicted octanol–water partition coefficient (Wildman–Crippen LogP) is 1.87. The summed E-state index contributed by atoms with van der Waals surface area (Å²) in [5.74, 6) is 2.10. The number of dihydropyridines is 1. The Hall–Kier alpha value is -0.790. The van der Waals surface area contributed by atoms with Crippen molar-refractivity contribution in [2.45, 2.75) is 13.8 Å². The van der Waals surface area contributed by atoms with Crippen molar-refractivity contribution in [2.75, 3.05) is 13.7 Å². The van der Waals surface area contributed by atoms with Gasteiger partial charge >= 0.3 is 0 Å². The number of methoxy groups -OCH3 is 1. The smallest absolute Gasteiger partial charge is 0.133 e. The molecule has 0 fully saturated rings. The largest absolute Gasteiger partial charge is 0.495 e. The average Bonchev–Trinajstić information content (AvgIpc) is 2.05. The summed E-state index contributed by atoms with van der Waals surface area (Å²) in [6, 6.07) is 0. The molecule has 11 heavy (non-hydrogen) atoms. The highest BCUT2D eigenvalue weighted by molar-refractivity contribution is 5.76. The van der Waals surface area contributed by atoms with E-state index in [0.717, 1.165) is 12.3 Å². The first-order chi connectivity index (χ1) is 5.24. The molecular weight excluding hydrogens is 138 g/mol. The van der Waals surface area contributed by atoms with Crippen molar-refractivity contribution in [2.24, 2.45) is 16.8 Å². The summed E-state index contributed by atoms with van der Waals surface area (Å²) in [4.78, 5) is 4.21. The normalized spacial score (nSPS) is 23.6. The van der Waals surface area contributed by atoms with Crippen LogP contribution in [0.3, 0.4) is 0 Å². The van der Waals surface area contributed by atoms with Crippen molar-refractivity contribution in [1.29, 1.82) is 0 Å². The molecular formula is C9H15NO. The molecule has 1 heterocycles. The molecule has 1 rings (SSSR count). The number of nitrogens with zero attached hydrogens (tertiary/aromatic N) is 1. The van der Waals surface area contributed by atoms with Crippen LogP contribution in [0, 0.1) is 11.8 Å². The Morgan fingerprint density at radius 2 is 2.36 bits per heavy atom. The molecule has 1 unspecified atom stereocenters. The van der Waals surface area contributed by atoms with Crippen molar-refractivity contribution >= 4 is 6.21 Å². The predicted molar refractivity (Wildman–Crippen MR) is 46.8 cm³/mol.